The summed E-state index contributed by atoms with van der Waals surface area (Å²) < 4.78 is 11.4. The number of rotatable bonds is 9. The Kier molecular flexibility index (Phi) is 7.85. The lowest BCUT2D eigenvalue weighted by molar-refractivity contribution is -0.135. The molecule has 0 amide bonds. The van der Waals surface area contributed by atoms with E-state index in [1.54, 1.807) is 30.3 Å². The summed E-state index contributed by atoms with van der Waals surface area (Å²) in [6.45, 7) is 2.58. The summed E-state index contributed by atoms with van der Waals surface area (Å²) >= 11 is 18.6. The number of aliphatic carboxylic acids is 1. The van der Waals surface area contributed by atoms with Crippen LogP contribution in [0.4, 0.5) is 0 Å². The Morgan fingerprint density at radius 3 is 2.35 bits per heavy atom. The van der Waals surface area contributed by atoms with E-state index in [1.165, 1.54) is 0 Å². The van der Waals surface area contributed by atoms with Gasteiger partial charge in [0.15, 0.2) is 11.5 Å². The molecule has 0 atom stereocenters. The van der Waals surface area contributed by atoms with Crippen molar-refractivity contribution in [2.75, 3.05) is 13.2 Å². The maximum atomic E-state index is 10.6. The number of benzene rings is 2. The third-order valence-electron chi connectivity index (χ3n) is 3.44. The predicted molar refractivity (Wildman–Crippen MR) is 103 cm³/mol. The van der Waals surface area contributed by atoms with E-state index in [1.807, 2.05) is 6.92 Å². The summed E-state index contributed by atoms with van der Waals surface area (Å²) in [4.78, 5) is 10.6. The Bertz CT molecular complexity index is 763. The highest BCUT2D eigenvalue weighted by molar-refractivity contribution is 6.36. The molecule has 140 valence electrons. The van der Waals surface area contributed by atoms with Gasteiger partial charge in [0.25, 0.3) is 0 Å². The first-order valence-corrected chi connectivity index (χ1v) is 8.99. The average molecular weight is 419 g/mol. The van der Waals surface area contributed by atoms with Gasteiger partial charge in [-0.3, -0.25) is 4.79 Å². The van der Waals surface area contributed by atoms with Crippen molar-refractivity contribution < 1.29 is 19.4 Å². The molecule has 0 bridgehead atoms. The van der Waals surface area contributed by atoms with Crippen LogP contribution in [-0.4, -0.2) is 24.2 Å². The molecule has 5 nitrogen and oxygen atoms in total. The Morgan fingerprint density at radius 2 is 1.73 bits per heavy atom. The van der Waals surface area contributed by atoms with Gasteiger partial charge in [0, 0.05) is 33.2 Å². The van der Waals surface area contributed by atoms with Crippen LogP contribution in [0.25, 0.3) is 0 Å². The highest BCUT2D eigenvalue weighted by Gasteiger charge is 2.13. The van der Waals surface area contributed by atoms with Gasteiger partial charge in [-0.15, -0.1) is 0 Å². The van der Waals surface area contributed by atoms with Gasteiger partial charge >= 0.3 is 5.97 Å². The molecule has 0 fully saturated rings. The summed E-state index contributed by atoms with van der Waals surface area (Å²) in [5, 5.41) is 13.0. The van der Waals surface area contributed by atoms with E-state index in [0.717, 1.165) is 0 Å². The molecule has 0 saturated heterocycles. The number of hydrogen-bond acceptors (Lipinski definition) is 4. The normalized spacial score (nSPS) is 10.6. The topological polar surface area (TPSA) is 67.8 Å². The first-order chi connectivity index (χ1) is 12.4. The Balaban J connectivity index is 2.19. The number of carboxylic acid groups (broad SMARTS) is 1. The van der Waals surface area contributed by atoms with Crippen molar-refractivity contribution in [3.63, 3.8) is 0 Å². The Labute approximate surface area is 166 Å². The summed E-state index contributed by atoms with van der Waals surface area (Å²) in [6.07, 6.45) is 0. The quantitative estimate of drug-likeness (QED) is 0.612. The van der Waals surface area contributed by atoms with Crippen molar-refractivity contribution in [1.82, 2.24) is 5.32 Å². The van der Waals surface area contributed by atoms with Crippen LogP contribution in [0.3, 0.4) is 0 Å². The summed E-state index contributed by atoms with van der Waals surface area (Å²) in [5.41, 5.74) is 1.38. The zero-order chi connectivity index (χ0) is 19.1. The van der Waals surface area contributed by atoms with Crippen LogP contribution in [0, 0.1) is 0 Å². The van der Waals surface area contributed by atoms with Crippen molar-refractivity contribution in [3.05, 3.63) is 56.5 Å². The second kappa shape index (κ2) is 9.88. The van der Waals surface area contributed by atoms with E-state index in [-0.39, 0.29) is 13.2 Å². The molecule has 0 spiro atoms. The number of ether oxygens (including phenoxy) is 2. The van der Waals surface area contributed by atoms with Crippen LogP contribution < -0.4 is 14.8 Å². The van der Waals surface area contributed by atoms with Crippen molar-refractivity contribution in [1.29, 1.82) is 0 Å². The first kappa shape index (κ1) is 20.6. The highest BCUT2D eigenvalue weighted by Crippen LogP contribution is 2.35. The molecule has 2 rings (SSSR count). The maximum Gasteiger partial charge on any atom is 0.317 e. The average Bonchev–Trinajstić information content (AvgIpc) is 2.57. The highest BCUT2D eigenvalue weighted by atomic mass is 35.5. The van der Waals surface area contributed by atoms with Crippen molar-refractivity contribution in [2.45, 2.75) is 20.1 Å². The van der Waals surface area contributed by atoms with E-state index in [2.05, 4.69) is 5.32 Å². The second-order valence-electron chi connectivity index (χ2n) is 5.31. The van der Waals surface area contributed by atoms with E-state index < -0.39 is 5.97 Å². The zero-order valence-electron chi connectivity index (χ0n) is 14.0. The van der Waals surface area contributed by atoms with Gasteiger partial charge in [-0.1, -0.05) is 40.9 Å². The molecule has 8 heteroatoms. The molecule has 26 heavy (non-hydrogen) atoms. The van der Waals surface area contributed by atoms with Crippen LogP contribution >= 0.6 is 34.8 Å². The number of carboxylic acids is 1. The van der Waals surface area contributed by atoms with Gasteiger partial charge in [-0.05, 0) is 30.7 Å². The number of nitrogens with one attached hydrogen (secondary N) is 1. The minimum absolute atomic E-state index is 0.158. The van der Waals surface area contributed by atoms with Crippen LogP contribution in [0.2, 0.25) is 15.1 Å². The predicted octanol–water partition coefficient (Wildman–Crippen LogP) is 4.80. The Morgan fingerprint density at radius 1 is 1.08 bits per heavy atom. The van der Waals surface area contributed by atoms with Gasteiger partial charge in [0.05, 0.1) is 13.2 Å². The molecular formula is C18H18Cl3NO4. The fourth-order valence-corrected chi connectivity index (χ4v) is 2.95. The van der Waals surface area contributed by atoms with Crippen molar-refractivity contribution >= 4 is 40.8 Å². The zero-order valence-corrected chi connectivity index (χ0v) is 16.3. The van der Waals surface area contributed by atoms with Crippen LogP contribution in [0.1, 0.15) is 18.1 Å². The van der Waals surface area contributed by atoms with Gasteiger partial charge in [-0.2, -0.15) is 0 Å². The largest absolute Gasteiger partial charge is 0.490 e. The molecule has 0 radical (unpaired) electrons. The SMILES string of the molecule is CCOc1cc(CNCC(=O)O)c(Cl)cc1OCc1c(Cl)cccc1Cl. The monoisotopic (exact) mass is 417 g/mol. The molecule has 0 aromatic heterocycles. The lowest BCUT2D eigenvalue weighted by Crippen LogP contribution is -2.22. The van der Waals surface area contributed by atoms with Crippen LogP contribution in [0.5, 0.6) is 11.5 Å². The second-order valence-corrected chi connectivity index (χ2v) is 6.53. The van der Waals surface area contributed by atoms with E-state index in [9.17, 15) is 4.79 Å². The minimum atomic E-state index is -0.942. The van der Waals surface area contributed by atoms with Crippen LogP contribution in [0.15, 0.2) is 30.3 Å². The van der Waals surface area contributed by atoms with Gasteiger partial charge in [0.2, 0.25) is 0 Å². The molecule has 2 N–H and O–H groups in total. The third-order valence-corrected chi connectivity index (χ3v) is 4.50. The molecule has 0 aliphatic rings. The van der Waals surface area contributed by atoms with Crippen LogP contribution in [-0.2, 0) is 17.9 Å². The smallest absolute Gasteiger partial charge is 0.317 e. The van der Waals surface area contributed by atoms with E-state index >= 15 is 0 Å². The molecule has 2 aromatic rings. The number of carbonyl (C=O) groups is 1. The standard InChI is InChI=1S/C18H18Cl3NO4/c1-2-25-16-6-11(8-22-9-18(23)24)15(21)7-17(16)26-10-12-13(19)4-3-5-14(12)20/h3-7,22H,2,8-10H2,1H3,(H,23,24). The summed E-state index contributed by atoms with van der Waals surface area (Å²) in [7, 11) is 0. The lowest BCUT2D eigenvalue weighted by atomic mass is 10.2. The fourth-order valence-electron chi connectivity index (χ4n) is 2.22. The fraction of sp³-hybridized carbons (Fsp3) is 0.278. The minimum Gasteiger partial charge on any atom is -0.490 e. The number of halogens is 3. The molecular weight excluding hydrogens is 401 g/mol. The first-order valence-electron chi connectivity index (χ1n) is 7.85. The van der Waals surface area contributed by atoms with Crippen molar-refractivity contribution in [2.24, 2.45) is 0 Å². The molecule has 0 saturated carbocycles. The number of hydrogen-bond donors (Lipinski definition) is 2. The summed E-state index contributed by atoms with van der Waals surface area (Å²) in [5.74, 6) is 0.0183. The van der Waals surface area contributed by atoms with Crippen molar-refractivity contribution in [3.8, 4) is 11.5 Å². The summed E-state index contributed by atoms with van der Waals surface area (Å²) in [6, 6.07) is 8.59. The third kappa shape index (κ3) is 5.68. The molecule has 0 aliphatic carbocycles. The van der Waals surface area contributed by atoms with Gasteiger partial charge < -0.3 is 19.9 Å². The molecule has 0 aliphatic heterocycles. The maximum absolute atomic E-state index is 10.6. The Hall–Kier alpha value is -1.66. The van der Waals surface area contributed by atoms with E-state index in [4.69, 9.17) is 49.4 Å². The van der Waals surface area contributed by atoms with Gasteiger partial charge in [0.1, 0.15) is 6.61 Å². The molecule has 2 aromatic carbocycles. The van der Waals surface area contributed by atoms with Gasteiger partial charge in [-0.25, -0.2) is 0 Å². The molecule has 0 unspecified atom stereocenters. The van der Waals surface area contributed by atoms with E-state index in [0.29, 0.717) is 50.8 Å². The molecule has 0 heterocycles. The lowest BCUT2D eigenvalue weighted by Gasteiger charge is -2.16.